The average Bonchev–Trinajstić information content (AvgIpc) is 2.89. The zero-order valence-corrected chi connectivity index (χ0v) is 19.9. The smallest absolute Gasteiger partial charge is 0.343 e. The number of rotatable bonds is 11. The summed E-state index contributed by atoms with van der Waals surface area (Å²) in [7, 11) is 1.50. The molecule has 0 saturated carbocycles. The van der Waals surface area contributed by atoms with Crippen LogP contribution in [0, 0.1) is 0 Å². The molecule has 0 aliphatic carbocycles. The van der Waals surface area contributed by atoms with Crippen LogP contribution in [0.25, 0.3) is 0 Å². The molecule has 182 valence electrons. The molecule has 1 N–H and O–H groups in total. The Bertz CT molecular complexity index is 1170. The molecule has 0 bridgehead atoms. The number of nitrogens with zero attached hydrogens (tertiary/aromatic N) is 1. The van der Waals surface area contributed by atoms with Gasteiger partial charge >= 0.3 is 5.97 Å². The number of hydrogen-bond donors (Lipinski definition) is 1. The van der Waals surface area contributed by atoms with Crippen LogP contribution in [0.1, 0.15) is 46.5 Å². The summed E-state index contributed by atoms with van der Waals surface area (Å²) in [6.45, 7) is 4.84. The van der Waals surface area contributed by atoms with Crippen molar-refractivity contribution < 1.29 is 28.5 Å². The number of para-hydroxylation sites is 1. The zero-order chi connectivity index (χ0) is 25.0. The second-order valence-electron chi connectivity index (χ2n) is 7.30. The number of nitrogens with one attached hydrogen (secondary N) is 1. The zero-order valence-electron chi connectivity index (χ0n) is 19.9. The van der Waals surface area contributed by atoms with E-state index < -0.39 is 11.9 Å². The normalized spacial score (nSPS) is 10.6. The Balaban J connectivity index is 1.67. The molecular weight excluding hydrogens is 448 g/mol. The molecule has 0 radical (unpaired) electrons. The van der Waals surface area contributed by atoms with Crippen molar-refractivity contribution in [2.75, 3.05) is 20.3 Å². The highest BCUT2D eigenvalue weighted by Gasteiger charge is 2.14. The van der Waals surface area contributed by atoms with Gasteiger partial charge in [-0.3, -0.25) is 4.79 Å². The van der Waals surface area contributed by atoms with E-state index >= 15 is 0 Å². The van der Waals surface area contributed by atoms with Crippen molar-refractivity contribution in [3.05, 3.63) is 83.4 Å². The number of carbonyl (C=O) groups is 2. The van der Waals surface area contributed by atoms with Gasteiger partial charge in [0.25, 0.3) is 5.91 Å². The van der Waals surface area contributed by atoms with Gasteiger partial charge in [0.2, 0.25) is 0 Å². The van der Waals surface area contributed by atoms with Crippen LogP contribution in [0.4, 0.5) is 0 Å². The Hall–Kier alpha value is -4.33. The topological polar surface area (TPSA) is 95.5 Å². The lowest BCUT2D eigenvalue weighted by Gasteiger charge is -2.12. The Kier molecular flexibility index (Phi) is 9.24. The minimum atomic E-state index is -0.515. The van der Waals surface area contributed by atoms with E-state index in [0.717, 1.165) is 6.42 Å². The first kappa shape index (κ1) is 25.3. The monoisotopic (exact) mass is 476 g/mol. The predicted molar refractivity (Wildman–Crippen MR) is 133 cm³/mol. The SMILES string of the molecule is CCCOc1ccc(C(=O)Oc2ccc(C=NNC(=O)c3ccccc3OC)cc2OCC)cc1. The summed E-state index contributed by atoms with van der Waals surface area (Å²) >= 11 is 0. The number of benzene rings is 3. The van der Waals surface area contributed by atoms with Crippen molar-refractivity contribution >= 4 is 18.1 Å². The highest BCUT2D eigenvalue weighted by atomic mass is 16.6. The van der Waals surface area contributed by atoms with Crippen LogP contribution in [0.3, 0.4) is 0 Å². The minimum Gasteiger partial charge on any atom is -0.496 e. The summed E-state index contributed by atoms with van der Waals surface area (Å²) in [5.41, 5.74) is 3.88. The molecule has 0 spiro atoms. The van der Waals surface area contributed by atoms with E-state index in [1.165, 1.54) is 13.3 Å². The van der Waals surface area contributed by atoms with Crippen LogP contribution in [0.2, 0.25) is 0 Å². The van der Waals surface area contributed by atoms with Crippen LogP contribution in [-0.2, 0) is 0 Å². The lowest BCUT2D eigenvalue weighted by molar-refractivity contribution is 0.0728. The molecule has 0 saturated heterocycles. The molecule has 3 rings (SSSR count). The van der Waals surface area contributed by atoms with Gasteiger partial charge in [-0.15, -0.1) is 0 Å². The summed E-state index contributed by atoms with van der Waals surface area (Å²) in [4.78, 5) is 25.0. The fraction of sp³-hybridized carbons (Fsp3) is 0.222. The molecule has 8 nitrogen and oxygen atoms in total. The molecule has 0 aliphatic heterocycles. The second kappa shape index (κ2) is 12.8. The van der Waals surface area contributed by atoms with Gasteiger partial charge in [0.15, 0.2) is 11.5 Å². The van der Waals surface area contributed by atoms with Crippen molar-refractivity contribution in [3.63, 3.8) is 0 Å². The molecule has 8 heteroatoms. The Morgan fingerprint density at radius 1 is 0.914 bits per heavy atom. The molecule has 0 atom stereocenters. The van der Waals surface area contributed by atoms with E-state index in [9.17, 15) is 9.59 Å². The third kappa shape index (κ3) is 7.07. The standard InChI is InChI=1S/C27H28N2O6/c1-4-16-34-21-13-11-20(12-14-21)27(31)35-24-15-10-19(17-25(24)33-5-2)18-28-29-26(30)22-8-6-7-9-23(22)32-3/h6-15,17-18H,4-5,16H2,1-3H3,(H,29,30). The van der Waals surface area contributed by atoms with Crippen LogP contribution < -0.4 is 24.4 Å². The predicted octanol–water partition coefficient (Wildman–Crippen LogP) is 4.87. The van der Waals surface area contributed by atoms with Gasteiger partial charge in [-0.25, -0.2) is 10.2 Å². The molecule has 0 fully saturated rings. The fourth-order valence-corrected chi connectivity index (χ4v) is 3.08. The largest absolute Gasteiger partial charge is 0.496 e. The molecule has 3 aromatic rings. The highest BCUT2D eigenvalue weighted by Crippen LogP contribution is 2.29. The summed E-state index contributed by atoms with van der Waals surface area (Å²) < 4.78 is 21.9. The maximum absolute atomic E-state index is 12.6. The number of carbonyl (C=O) groups excluding carboxylic acids is 2. The van der Waals surface area contributed by atoms with Crippen LogP contribution >= 0.6 is 0 Å². The summed E-state index contributed by atoms with van der Waals surface area (Å²) in [6.07, 6.45) is 2.37. The summed E-state index contributed by atoms with van der Waals surface area (Å²) in [5, 5.41) is 4.01. The summed E-state index contributed by atoms with van der Waals surface area (Å²) in [6, 6.07) is 18.6. The van der Waals surface area contributed by atoms with E-state index in [4.69, 9.17) is 18.9 Å². The number of esters is 1. The van der Waals surface area contributed by atoms with Crippen LogP contribution in [-0.4, -0.2) is 38.4 Å². The fourth-order valence-electron chi connectivity index (χ4n) is 3.08. The van der Waals surface area contributed by atoms with Crippen molar-refractivity contribution in [1.82, 2.24) is 5.43 Å². The number of hydrogen-bond acceptors (Lipinski definition) is 7. The Morgan fingerprint density at radius 2 is 1.69 bits per heavy atom. The van der Waals surface area contributed by atoms with E-state index in [2.05, 4.69) is 10.5 Å². The highest BCUT2D eigenvalue weighted by molar-refractivity contribution is 5.97. The third-order valence-electron chi connectivity index (χ3n) is 4.76. The molecule has 0 aromatic heterocycles. The average molecular weight is 477 g/mol. The van der Waals surface area contributed by atoms with Crippen molar-refractivity contribution in [2.24, 2.45) is 5.10 Å². The first-order valence-electron chi connectivity index (χ1n) is 11.2. The van der Waals surface area contributed by atoms with Gasteiger partial charge in [-0.2, -0.15) is 5.10 Å². The molecule has 0 heterocycles. The van der Waals surface area contributed by atoms with Gasteiger partial charge in [0, 0.05) is 0 Å². The molecule has 0 aliphatic rings. The van der Waals surface area contributed by atoms with Crippen molar-refractivity contribution in [3.8, 4) is 23.0 Å². The van der Waals surface area contributed by atoms with Gasteiger partial charge in [-0.1, -0.05) is 19.1 Å². The molecule has 1 amide bonds. The first-order valence-corrected chi connectivity index (χ1v) is 11.2. The number of ether oxygens (including phenoxy) is 4. The van der Waals surface area contributed by atoms with E-state index in [1.807, 2.05) is 13.8 Å². The molecule has 3 aromatic carbocycles. The number of amides is 1. The number of methoxy groups -OCH3 is 1. The van der Waals surface area contributed by atoms with Crippen LogP contribution in [0.5, 0.6) is 23.0 Å². The van der Waals surface area contributed by atoms with Crippen molar-refractivity contribution in [1.29, 1.82) is 0 Å². The van der Waals surface area contributed by atoms with Gasteiger partial charge in [0.1, 0.15) is 11.5 Å². The lowest BCUT2D eigenvalue weighted by atomic mass is 10.2. The van der Waals surface area contributed by atoms with Crippen LogP contribution in [0.15, 0.2) is 71.8 Å². The summed E-state index contributed by atoms with van der Waals surface area (Å²) in [5.74, 6) is 0.883. The van der Waals surface area contributed by atoms with Crippen molar-refractivity contribution in [2.45, 2.75) is 20.3 Å². The first-order chi connectivity index (χ1) is 17.0. The quantitative estimate of drug-likeness (QED) is 0.184. The Labute approximate surface area is 204 Å². The van der Waals surface area contributed by atoms with Gasteiger partial charge in [-0.05, 0) is 73.5 Å². The maximum atomic E-state index is 12.6. The Morgan fingerprint density at radius 3 is 2.40 bits per heavy atom. The lowest BCUT2D eigenvalue weighted by Crippen LogP contribution is -2.18. The third-order valence-corrected chi connectivity index (χ3v) is 4.76. The van der Waals surface area contributed by atoms with E-state index in [1.54, 1.807) is 66.7 Å². The van der Waals surface area contributed by atoms with Gasteiger partial charge in [0.05, 0.1) is 37.7 Å². The maximum Gasteiger partial charge on any atom is 0.343 e. The van der Waals surface area contributed by atoms with Gasteiger partial charge < -0.3 is 18.9 Å². The molecular formula is C27H28N2O6. The molecule has 0 unspecified atom stereocenters. The minimum absolute atomic E-state index is 0.276. The van der Waals surface area contributed by atoms with E-state index in [0.29, 0.717) is 47.2 Å². The van der Waals surface area contributed by atoms with E-state index in [-0.39, 0.29) is 5.75 Å². The number of hydrazone groups is 1. The second-order valence-corrected chi connectivity index (χ2v) is 7.30. The molecule has 35 heavy (non-hydrogen) atoms.